The lowest BCUT2D eigenvalue weighted by molar-refractivity contribution is -0.138. The van der Waals surface area contributed by atoms with E-state index in [9.17, 15) is 4.79 Å². The van der Waals surface area contributed by atoms with Gasteiger partial charge in [-0.1, -0.05) is 13.8 Å². The van der Waals surface area contributed by atoms with Gasteiger partial charge >= 0.3 is 0 Å². The molecule has 1 spiro atoms. The van der Waals surface area contributed by atoms with Gasteiger partial charge in [0, 0.05) is 30.0 Å². The van der Waals surface area contributed by atoms with Crippen molar-refractivity contribution >= 4 is 5.78 Å². The number of Topliss-reactive ketones (excluding diaryl/α,β-unsaturated/α-hetero) is 1. The Morgan fingerprint density at radius 3 is 2.86 bits per heavy atom. The molecular weight excluding hydrogens is 350 g/mol. The van der Waals surface area contributed by atoms with Crippen LogP contribution in [0.4, 0.5) is 0 Å². The molecule has 4 heteroatoms. The second kappa shape index (κ2) is 5.75. The van der Waals surface area contributed by atoms with Crippen molar-refractivity contribution in [1.29, 1.82) is 0 Å². The molecule has 2 aliphatic heterocycles. The molecule has 150 valence electrons. The van der Waals surface area contributed by atoms with Gasteiger partial charge in [-0.25, -0.2) is 0 Å². The van der Waals surface area contributed by atoms with Crippen LogP contribution in [0.1, 0.15) is 68.6 Å². The van der Waals surface area contributed by atoms with Crippen LogP contribution in [0.2, 0.25) is 0 Å². The van der Waals surface area contributed by atoms with Crippen molar-refractivity contribution < 1.29 is 14.3 Å². The third-order valence-corrected chi connectivity index (χ3v) is 8.40. The van der Waals surface area contributed by atoms with Crippen molar-refractivity contribution in [1.82, 2.24) is 4.90 Å². The van der Waals surface area contributed by atoms with Gasteiger partial charge in [-0.15, -0.1) is 0 Å². The summed E-state index contributed by atoms with van der Waals surface area (Å²) in [6.45, 7) is 6.92. The number of carbonyl (C=O) groups is 1. The summed E-state index contributed by atoms with van der Waals surface area (Å²) in [7, 11) is 1.73. The van der Waals surface area contributed by atoms with Gasteiger partial charge in [-0.2, -0.15) is 0 Å². The number of nitrogens with zero attached hydrogens (tertiary/aromatic N) is 1. The molecule has 3 fully saturated rings. The first-order valence-electron chi connectivity index (χ1n) is 11.2. The third kappa shape index (κ3) is 2.08. The third-order valence-electron chi connectivity index (χ3n) is 8.40. The van der Waals surface area contributed by atoms with Gasteiger partial charge in [0.2, 0.25) is 0 Å². The van der Waals surface area contributed by atoms with Crippen molar-refractivity contribution in [3.8, 4) is 11.5 Å². The lowest BCUT2D eigenvalue weighted by atomic mass is 9.51. The highest BCUT2D eigenvalue weighted by Crippen LogP contribution is 2.64. The predicted octanol–water partition coefficient (Wildman–Crippen LogP) is 3.84. The number of benzene rings is 1. The Balaban J connectivity index is 1.57. The molecule has 4 nitrogen and oxygen atoms in total. The molecule has 1 aromatic rings. The molecule has 4 atom stereocenters. The van der Waals surface area contributed by atoms with E-state index in [2.05, 4.69) is 24.8 Å². The zero-order chi connectivity index (χ0) is 19.2. The highest BCUT2D eigenvalue weighted by Gasteiger charge is 2.66. The van der Waals surface area contributed by atoms with Gasteiger partial charge < -0.3 is 9.47 Å². The van der Waals surface area contributed by atoms with E-state index in [1.54, 1.807) is 7.11 Å². The molecule has 1 saturated heterocycles. The lowest BCUT2D eigenvalue weighted by Crippen LogP contribution is -2.66. The van der Waals surface area contributed by atoms with Crippen LogP contribution in [0.25, 0.3) is 0 Å². The Kier molecular flexibility index (Phi) is 3.56. The van der Waals surface area contributed by atoms with Crippen LogP contribution < -0.4 is 9.47 Å². The highest BCUT2D eigenvalue weighted by molar-refractivity contribution is 5.89. The Morgan fingerprint density at radius 1 is 1.32 bits per heavy atom. The first-order valence-corrected chi connectivity index (χ1v) is 11.2. The molecule has 0 aromatic heterocycles. The Labute approximate surface area is 167 Å². The summed E-state index contributed by atoms with van der Waals surface area (Å²) in [6, 6.07) is 2.76. The van der Waals surface area contributed by atoms with Gasteiger partial charge in [0.15, 0.2) is 23.4 Å². The molecule has 2 bridgehead atoms. The van der Waals surface area contributed by atoms with Gasteiger partial charge in [0.05, 0.1) is 7.11 Å². The first-order chi connectivity index (χ1) is 13.5. The molecule has 6 rings (SSSR count). The smallest absolute Gasteiger partial charge is 0.174 e. The lowest BCUT2D eigenvalue weighted by Gasteiger charge is -2.58. The van der Waals surface area contributed by atoms with Crippen molar-refractivity contribution in [2.75, 3.05) is 20.2 Å². The average molecular weight is 382 g/mol. The Morgan fingerprint density at radius 2 is 2.14 bits per heavy atom. The van der Waals surface area contributed by atoms with Crippen LogP contribution in [0.3, 0.4) is 0 Å². The van der Waals surface area contributed by atoms with E-state index in [-0.39, 0.29) is 11.5 Å². The summed E-state index contributed by atoms with van der Waals surface area (Å²) < 4.78 is 12.3. The monoisotopic (exact) mass is 381 g/mol. The van der Waals surface area contributed by atoms with Crippen LogP contribution in [-0.4, -0.2) is 43.0 Å². The zero-order valence-corrected chi connectivity index (χ0v) is 17.3. The second-order valence-corrected chi connectivity index (χ2v) is 10.1. The first kappa shape index (κ1) is 17.3. The largest absolute Gasteiger partial charge is 0.493 e. The molecule has 2 heterocycles. The van der Waals surface area contributed by atoms with E-state index < -0.39 is 0 Å². The minimum Gasteiger partial charge on any atom is -0.493 e. The molecule has 3 unspecified atom stereocenters. The number of methoxy groups -OCH3 is 1. The number of carbonyl (C=O) groups excluding carboxylic acids is 1. The maximum absolute atomic E-state index is 13.0. The van der Waals surface area contributed by atoms with E-state index in [4.69, 9.17) is 9.47 Å². The van der Waals surface area contributed by atoms with Gasteiger partial charge in [-0.05, 0) is 73.6 Å². The number of hydrogen-bond donors (Lipinski definition) is 0. The van der Waals surface area contributed by atoms with Gasteiger partial charge in [-0.3, -0.25) is 9.69 Å². The Bertz CT molecular complexity index is 858. The molecule has 2 saturated carbocycles. The van der Waals surface area contributed by atoms with Crippen LogP contribution in [0.15, 0.2) is 6.07 Å². The normalized spacial score (nSPS) is 35.7. The van der Waals surface area contributed by atoms with Crippen LogP contribution in [0.5, 0.6) is 11.5 Å². The quantitative estimate of drug-likeness (QED) is 0.794. The van der Waals surface area contributed by atoms with Crippen LogP contribution in [-0.2, 0) is 16.6 Å². The van der Waals surface area contributed by atoms with Crippen molar-refractivity contribution in [2.24, 2.45) is 11.8 Å². The summed E-state index contributed by atoms with van der Waals surface area (Å²) in [5.74, 6) is 3.93. The number of rotatable bonds is 4. The SMILES string of the molecule is COc1cc(C(C)C)c2c3c1OC1C(=O)CCC4C(C2)N(CC2CC2)CC[C@@]314. The van der Waals surface area contributed by atoms with Crippen molar-refractivity contribution in [2.45, 2.75) is 75.9 Å². The van der Waals surface area contributed by atoms with Gasteiger partial charge in [0.1, 0.15) is 0 Å². The maximum atomic E-state index is 13.0. The second-order valence-electron chi connectivity index (χ2n) is 10.1. The van der Waals surface area contributed by atoms with Crippen molar-refractivity contribution in [3.63, 3.8) is 0 Å². The Hall–Kier alpha value is -1.55. The summed E-state index contributed by atoms with van der Waals surface area (Å²) in [5, 5.41) is 0. The molecule has 0 amide bonds. The fourth-order valence-electron chi connectivity index (χ4n) is 7.03. The van der Waals surface area contributed by atoms with Crippen LogP contribution in [0, 0.1) is 11.8 Å². The minimum atomic E-state index is -0.290. The van der Waals surface area contributed by atoms with E-state index >= 15 is 0 Å². The highest BCUT2D eigenvalue weighted by atomic mass is 16.5. The molecular formula is C24H31NO3. The number of ketones is 1. The summed E-state index contributed by atoms with van der Waals surface area (Å²) in [5.41, 5.74) is 4.13. The standard InChI is InChI=1S/C24H31NO3/c1-13(2)15-11-20(27-3)22-21-16(15)10-18-17-6-7-19(26)23(28-22)24(17,21)8-9-25(18)12-14-4-5-14/h11,13-14,17-18,23H,4-10,12H2,1-3H3/t17?,18?,23?,24-/m1/s1. The fraction of sp³-hybridized carbons (Fsp3) is 0.708. The molecule has 1 aromatic carbocycles. The minimum absolute atomic E-state index is 0.110. The number of ether oxygens (including phenoxy) is 2. The van der Waals surface area contributed by atoms with E-state index in [0.717, 1.165) is 43.2 Å². The molecule has 0 N–H and O–H groups in total. The molecule has 3 aliphatic carbocycles. The summed E-state index contributed by atoms with van der Waals surface area (Å²) in [6.07, 6.45) is 6.38. The van der Waals surface area contributed by atoms with Gasteiger partial charge in [0.25, 0.3) is 0 Å². The maximum Gasteiger partial charge on any atom is 0.174 e. The van der Waals surface area contributed by atoms with Crippen molar-refractivity contribution in [3.05, 3.63) is 22.8 Å². The molecule has 0 radical (unpaired) electrons. The average Bonchev–Trinajstić information content (AvgIpc) is 3.42. The summed E-state index contributed by atoms with van der Waals surface area (Å²) in [4.78, 5) is 15.8. The van der Waals surface area contributed by atoms with E-state index in [1.807, 2.05) is 0 Å². The number of piperidine rings is 1. The molecule has 28 heavy (non-hydrogen) atoms. The predicted molar refractivity (Wildman–Crippen MR) is 107 cm³/mol. The zero-order valence-electron chi connectivity index (χ0n) is 17.3. The summed E-state index contributed by atoms with van der Waals surface area (Å²) >= 11 is 0. The number of likely N-dealkylation sites (tertiary alicyclic amines) is 1. The topological polar surface area (TPSA) is 38.8 Å². The fourth-order valence-corrected chi connectivity index (χ4v) is 7.03. The van der Waals surface area contributed by atoms with E-state index in [0.29, 0.717) is 30.1 Å². The number of hydrogen-bond acceptors (Lipinski definition) is 4. The molecule has 5 aliphatic rings. The van der Waals surface area contributed by atoms with Crippen LogP contribution >= 0.6 is 0 Å². The van der Waals surface area contributed by atoms with E-state index in [1.165, 1.54) is 36.1 Å².